The third kappa shape index (κ3) is 2.99. The fourth-order valence-electron chi connectivity index (χ4n) is 3.92. The van der Waals surface area contributed by atoms with Crippen LogP contribution in [0.15, 0.2) is 0 Å². The number of piperazine rings is 1. The van der Waals surface area contributed by atoms with E-state index in [1.54, 1.807) is 0 Å². The molecule has 6 heteroatoms. The molecule has 3 amide bonds. The number of likely N-dealkylation sites (N-methyl/N-ethyl adjacent to an activating group) is 1. The molecular weight excluding hydrogens is 280 g/mol. The van der Waals surface area contributed by atoms with Crippen molar-refractivity contribution in [2.75, 3.05) is 39.4 Å². The lowest BCUT2D eigenvalue weighted by Gasteiger charge is -2.35. The van der Waals surface area contributed by atoms with Gasteiger partial charge in [-0.3, -0.25) is 9.69 Å². The fourth-order valence-corrected chi connectivity index (χ4v) is 3.92. The number of hydrogen-bond donors (Lipinski definition) is 1. The van der Waals surface area contributed by atoms with Crippen molar-refractivity contribution >= 4 is 11.9 Å². The molecule has 0 radical (unpaired) electrons. The van der Waals surface area contributed by atoms with Gasteiger partial charge in [-0.2, -0.15) is 0 Å². The molecule has 22 heavy (non-hydrogen) atoms. The summed E-state index contributed by atoms with van der Waals surface area (Å²) in [5.41, 5.74) is -0.598. The zero-order valence-electron chi connectivity index (χ0n) is 13.6. The van der Waals surface area contributed by atoms with Crippen LogP contribution in [0.25, 0.3) is 0 Å². The monoisotopic (exact) mass is 308 g/mol. The Balaban J connectivity index is 1.62. The van der Waals surface area contributed by atoms with Gasteiger partial charge in [0, 0.05) is 26.2 Å². The Morgan fingerprint density at radius 3 is 2.14 bits per heavy atom. The minimum absolute atomic E-state index is 0.0114. The smallest absolute Gasteiger partial charge is 0.323 e. The summed E-state index contributed by atoms with van der Waals surface area (Å²) in [5.74, 6) is 0.0114. The Hall–Kier alpha value is -1.14. The average molecular weight is 308 g/mol. The molecule has 3 aliphatic rings. The van der Waals surface area contributed by atoms with Gasteiger partial charge in [0.15, 0.2) is 0 Å². The third-order valence-electron chi connectivity index (χ3n) is 5.46. The Kier molecular flexibility index (Phi) is 4.68. The van der Waals surface area contributed by atoms with E-state index >= 15 is 0 Å². The van der Waals surface area contributed by atoms with Crippen LogP contribution in [0.1, 0.15) is 45.4 Å². The molecule has 3 rings (SSSR count). The van der Waals surface area contributed by atoms with Crippen molar-refractivity contribution in [3.63, 3.8) is 0 Å². The molecule has 0 atom stereocenters. The lowest BCUT2D eigenvalue weighted by Crippen LogP contribution is -2.52. The molecule has 2 heterocycles. The average Bonchev–Trinajstić information content (AvgIpc) is 2.72. The number of hydrogen-bond acceptors (Lipinski definition) is 4. The molecule has 0 bridgehead atoms. The van der Waals surface area contributed by atoms with E-state index in [2.05, 4.69) is 22.0 Å². The third-order valence-corrected chi connectivity index (χ3v) is 5.46. The topological polar surface area (TPSA) is 55.9 Å². The van der Waals surface area contributed by atoms with Crippen molar-refractivity contribution in [3.8, 4) is 0 Å². The Morgan fingerprint density at radius 2 is 1.55 bits per heavy atom. The van der Waals surface area contributed by atoms with Crippen LogP contribution in [0.3, 0.4) is 0 Å². The summed E-state index contributed by atoms with van der Waals surface area (Å²) < 4.78 is 0. The van der Waals surface area contributed by atoms with Gasteiger partial charge in [-0.15, -0.1) is 0 Å². The molecule has 0 aromatic rings. The van der Waals surface area contributed by atoms with Gasteiger partial charge in [0.05, 0.1) is 6.67 Å². The van der Waals surface area contributed by atoms with Crippen molar-refractivity contribution in [3.05, 3.63) is 0 Å². The summed E-state index contributed by atoms with van der Waals surface area (Å²) in [4.78, 5) is 31.2. The standard InChI is InChI=1S/C16H28N4O2/c1-2-18-9-11-19(12-10-18)13-20-14(21)16(17-15(20)22)7-5-3-4-6-8-16/h2-13H2,1H3,(H,17,22). The van der Waals surface area contributed by atoms with Gasteiger partial charge in [-0.25, -0.2) is 9.69 Å². The van der Waals surface area contributed by atoms with Crippen molar-refractivity contribution in [2.45, 2.75) is 51.0 Å². The molecule has 3 fully saturated rings. The van der Waals surface area contributed by atoms with Crippen molar-refractivity contribution < 1.29 is 9.59 Å². The van der Waals surface area contributed by atoms with Crippen LogP contribution in [0.5, 0.6) is 0 Å². The van der Waals surface area contributed by atoms with E-state index in [0.717, 1.165) is 58.4 Å². The predicted molar refractivity (Wildman–Crippen MR) is 84.4 cm³/mol. The molecule has 1 saturated carbocycles. The molecule has 1 spiro atoms. The first kappa shape index (κ1) is 15.7. The van der Waals surface area contributed by atoms with E-state index in [1.807, 2.05) is 0 Å². The highest BCUT2D eigenvalue weighted by Gasteiger charge is 2.50. The van der Waals surface area contributed by atoms with Crippen molar-refractivity contribution in [1.82, 2.24) is 20.0 Å². The Bertz CT molecular complexity index is 424. The molecule has 0 aromatic carbocycles. The lowest BCUT2D eigenvalue weighted by atomic mass is 9.90. The van der Waals surface area contributed by atoms with E-state index < -0.39 is 5.54 Å². The predicted octanol–water partition coefficient (Wildman–Crippen LogP) is 1.23. The highest BCUT2D eigenvalue weighted by Crippen LogP contribution is 2.32. The first-order chi connectivity index (χ1) is 10.6. The molecule has 2 aliphatic heterocycles. The zero-order valence-corrected chi connectivity index (χ0v) is 13.6. The van der Waals surface area contributed by atoms with Crippen LogP contribution in [0.2, 0.25) is 0 Å². The van der Waals surface area contributed by atoms with Crippen molar-refractivity contribution in [1.29, 1.82) is 0 Å². The molecule has 1 aliphatic carbocycles. The molecule has 2 saturated heterocycles. The molecule has 1 N–H and O–H groups in total. The number of nitrogens with one attached hydrogen (secondary N) is 1. The second-order valence-electron chi connectivity index (χ2n) is 6.85. The maximum atomic E-state index is 12.8. The summed E-state index contributed by atoms with van der Waals surface area (Å²) >= 11 is 0. The van der Waals surface area contributed by atoms with Crippen LogP contribution in [-0.4, -0.2) is 71.6 Å². The number of carbonyl (C=O) groups excluding carboxylic acids is 2. The molecule has 0 aromatic heterocycles. The summed E-state index contributed by atoms with van der Waals surface area (Å²) in [6.45, 7) is 7.58. The number of urea groups is 1. The molecule has 0 unspecified atom stereocenters. The van der Waals surface area contributed by atoms with Gasteiger partial charge in [-0.05, 0) is 19.4 Å². The van der Waals surface area contributed by atoms with E-state index in [9.17, 15) is 9.59 Å². The summed E-state index contributed by atoms with van der Waals surface area (Å²) in [5, 5.41) is 3.02. The van der Waals surface area contributed by atoms with Gasteiger partial charge >= 0.3 is 6.03 Å². The van der Waals surface area contributed by atoms with E-state index in [-0.39, 0.29) is 11.9 Å². The Labute approximate surface area is 132 Å². The molecule has 124 valence electrons. The second kappa shape index (κ2) is 6.54. The number of nitrogens with zero attached hydrogens (tertiary/aromatic N) is 3. The van der Waals surface area contributed by atoms with Crippen molar-refractivity contribution in [2.24, 2.45) is 0 Å². The van der Waals surface area contributed by atoms with E-state index in [1.165, 1.54) is 17.7 Å². The number of rotatable bonds is 3. The quantitative estimate of drug-likeness (QED) is 0.797. The van der Waals surface area contributed by atoms with Crippen LogP contribution < -0.4 is 5.32 Å². The van der Waals surface area contributed by atoms with Crippen LogP contribution in [0.4, 0.5) is 4.79 Å². The maximum absolute atomic E-state index is 12.8. The first-order valence-electron chi connectivity index (χ1n) is 8.73. The normalized spacial score (nSPS) is 27.2. The van der Waals surface area contributed by atoms with E-state index in [0.29, 0.717) is 6.67 Å². The van der Waals surface area contributed by atoms with Gasteiger partial charge in [0.1, 0.15) is 5.54 Å². The number of imide groups is 1. The van der Waals surface area contributed by atoms with Gasteiger partial charge in [-0.1, -0.05) is 32.6 Å². The molecular formula is C16H28N4O2. The Morgan fingerprint density at radius 1 is 0.955 bits per heavy atom. The van der Waals surface area contributed by atoms with Crippen LogP contribution >= 0.6 is 0 Å². The van der Waals surface area contributed by atoms with Gasteiger partial charge in [0.25, 0.3) is 5.91 Å². The largest absolute Gasteiger partial charge is 0.326 e. The SMILES string of the molecule is CCN1CCN(CN2C(=O)NC3(CCCCCC3)C2=O)CC1. The van der Waals surface area contributed by atoms with Crippen LogP contribution in [0, 0.1) is 0 Å². The maximum Gasteiger partial charge on any atom is 0.326 e. The van der Waals surface area contributed by atoms with E-state index in [4.69, 9.17) is 0 Å². The first-order valence-corrected chi connectivity index (χ1v) is 8.73. The second-order valence-corrected chi connectivity index (χ2v) is 6.85. The fraction of sp³-hybridized carbons (Fsp3) is 0.875. The number of amides is 3. The highest BCUT2D eigenvalue weighted by atomic mass is 16.2. The minimum atomic E-state index is -0.598. The number of carbonyl (C=O) groups is 2. The zero-order chi connectivity index (χ0) is 15.6. The summed E-state index contributed by atoms with van der Waals surface area (Å²) in [7, 11) is 0. The lowest BCUT2D eigenvalue weighted by molar-refractivity contribution is -0.133. The summed E-state index contributed by atoms with van der Waals surface area (Å²) in [6.07, 6.45) is 6.02. The highest BCUT2D eigenvalue weighted by molar-refractivity contribution is 6.07. The summed E-state index contributed by atoms with van der Waals surface area (Å²) in [6, 6.07) is -0.190. The van der Waals surface area contributed by atoms with Gasteiger partial charge in [0.2, 0.25) is 0 Å². The van der Waals surface area contributed by atoms with Gasteiger partial charge < -0.3 is 10.2 Å². The molecule has 6 nitrogen and oxygen atoms in total. The minimum Gasteiger partial charge on any atom is -0.323 e. The van der Waals surface area contributed by atoms with Crippen LogP contribution in [-0.2, 0) is 4.79 Å².